The maximum atomic E-state index is 12.3. The Morgan fingerprint density at radius 3 is 2.55 bits per heavy atom. The molecule has 0 fully saturated rings. The van der Waals surface area contributed by atoms with Crippen molar-refractivity contribution in [3.05, 3.63) is 102 Å². The molecule has 0 saturated carbocycles. The third-order valence-electron chi connectivity index (χ3n) is 5.45. The number of nitrogens with zero attached hydrogens (tertiary/aromatic N) is 2. The predicted octanol–water partition coefficient (Wildman–Crippen LogP) is 5.53. The van der Waals surface area contributed by atoms with Crippen molar-refractivity contribution < 1.29 is 9.53 Å². The molecule has 168 valence electrons. The van der Waals surface area contributed by atoms with E-state index in [0.29, 0.717) is 13.2 Å². The molecule has 0 atom stereocenters. The van der Waals surface area contributed by atoms with Gasteiger partial charge >= 0.3 is 0 Å². The molecule has 1 heterocycles. The molecule has 0 radical (unpaired) electrons. The minimum absolute atomic E-state index is 0.135. The van der Waals surface area contributed by atoms with Gasteiger partial charge in [0.2, 0.25) is 5.91 Å². The summed E-state index contributed by atoms with van der Waals surface area (Å²) in [5, 5.41) is 2.96. The Labute approximate surface area is 194 Å². The molecule has 5 nitrogen and oxygen atoms in total. The summed E-state index contributed by atoms with van der Waals surface area (Å²) in [7, 11) is 0. The van der Waals surface area contributed by atoms with Crippen molar-refractivity contribution in [3.8, 4) is 5.75 Å². The van der Waals surface area contributed by atoms with Crippen molar-refractivity contribution in [1.82, 2.24) is 14.9 Å². The predicted molar refractivity (Wildman–Crippen MR) is 133 cm³/mol. The van der Waals surface area contributed by atoms with Crippen molar-refractivity contribution in [2.45, 2.75) is 32.9 Å². The molecule has 1 N–H and O–H groups in total. The van der Waals surface area contributed by atoms with Crippen molar-refractivity contribution in [1.29, 1.82) is 0 Å². The molecule has 1 aromatic heterocycles. The largest absolute Gasteiger partial charge is 0.494 e. The van der Waals surface area contributed by atoms with E-state index in [4.69, 9.17) is 9.72 Å². The molecule has 0 spiro atoms. The van der Waals surface area contributed by atoms with Gasteiger partial charge in [0.15, 0.2) is 0 Å². The number of rotatable bonds is 10. The van der Waals surface area contributed by atoms with Crippen LogP contribution in [0.5, 0.6) is 5.75 Å². The first kappa shape index (κ1) is 22.3. The van der Waals surface area contributed by atoms with Crippen LogP contribution in [0, 0.1) is 6.92 Å². The highest BCUT2D eigenvalue weighted by molar-refractivity contribution is 5.91. The lowest BCUT2D eigenvalue weighted by molar-refractivity contribution is -0.116. The quantitative estimate of drug-likeness (QED) is 0.261. The molecule has 4 aromatic rings. The number of carbonyl (C=O) groups excluding carboxylic acids is 1. The van der Waals surface area contributed by atoms with Gasteiger partial charge in [0.05, 0.1) is 24.2 Å². The summed E-state index contributed by atoms with van der Waals surface area (Å²) in [4.78, 5) is 17.1. The Hall–Kier alpha value is -3.86. The third kappa shape index (κ3) is 6.32. The number of benzene rings is 3. The van der Waals surface area contributed by atoms with E-state index in [1.807, 2.05) is 66.7 Å². The number of amides is 1. The molecule has 0 aliphatic heterocycles. The van der Waals surface area contributed by atoms with Crippen LogP contribution in [0.2, 0.25) is 0 Å². The zero-order chi connectivity index (χ0) is 22.9. The maximum Gasteiger partial charge on any atom is 0.244 e. The van der Waals surface area contributed by atoms with E-state index in [2.05, 4.69) is 35.0 Å². The lowest BCUT2D eigenvalue weighted by Gasteiger charge is -2.10. The number of hydrogen-bond donors (Lipinski definition) is 1. The van der Waals surface area contributed by atoms with E-state index < -0.39 is 0 Å². The fourth-order valence-corrected chi connectivity index (χ4v) is 3.67. The summed E-state index contributed by atoms with van der Waals surface area (Å²) in [6.45, 7) is 3.94. The number of nitrogens with one attached hydrogen (secondary N) is 1. The lowest BCUT2D eigenvalue weighted by atomic mass is 10.2. The average Bonchev–Trinajstić information content (AvgIpc) is 3.20. The Kier molecular flexibility index (Phi) is 7.54. The van der Waals surface area contributed by atoms with Gasteiger partial charge in [-0.15, -0.1) is 0 Å². The second-order valence-corrected chi connectivity index (χ2v) is 8.00. The zero-order valence-corrected chi connectivity index (χ0v) is 18.9. The van der Waals surface area contributed by atoms with Crippen molar-refractivity contribution in [3.63, 3.8) is 0 Å². The van der Waals surface area contributed by atoms with E-state index >= 15 is 0 Å². The SMILES string of the molecule is Cc1ccc(OCCCCn2c(CNC(=O)/C=C\c3ccccc3)nc3ccccc32)cc1. The number of hydrogen-bond acceptors (Lipinski definition) is 3. The second kappa shape index (κ2) is 11.1. The minimum Gasteiger partial charge on any atom is -0.494 e. The molecule has 0 aliphatic rings. The molecule has 0 unspecified atom stereocenters. The van der Waals surface area contributed by atoms with Gasteiger partial charge in [0, 0.05) is 12.6 Å². The fourth-order valence-electron chi connectivity index (χ4n) is 3.67. The number of aryl methyl sites for hydroxylation is 2. The van der Waals surface area contributed by atoms with Gasteiger partial charge in [0.25, 0.3) is 0 Å². The Balaban J connectivity index is 1.33. The molecule has 5 heteroatoms. The van der Waals surface area contributed by atoms with Crippen molar-refractivity contribution in [2.75, 3.05) is 6.61 Å². The van der Waals surface area contributed by atoms with E-state index in [1.165, 1.54) is 5.56 Å². The summed E-state index contributed by atoms with van der Waals surface area (Å²) in [5.74, 6) is 1.63. The number of unbranched alkanes of at least 4 members (excludes halogenated alkanes) is 1. The lowest BCUT2D eigenvalue weighted by Crippen LogP contribution is -2.22. The molecular weight excluding hydrogens is 410 g/mol. The van der Waals surface area contributed by atoms with Gasteiger partial charge in [-0.3, -0.25) is 4.79 Å². The van der Waals surface area contributed by atoms with Crippen LogP contribution in [0.4, 0.5) is 0 Å². The van der Waals surface area contributed by atoms with E-state index in [1.54, 1.807) is 6.08 Å². The standard InChI is InChI=1S/C28H29N3O2/c1-22-13-16-24(17-14-22)33-20-8-7-19-31-26-12-6-5-11-25(26)30-27(31)21-29-28(32)18-15-23-9-3-2-4-10-23/h2-6,9-18H,7-8,19-21H2,1H3,(H,29,32)/b18-15-. The molecule has 0 aliphatic carbocycles. The van der Waals surface area contributed by atoms with Crippen LogP contribution < -0.4 is 10.1 Å². The van der Waals surface area contributed by atoms with Gasteiger partial charge in [0.1, 0.15) is 11.6 Å². The van der Waals surface area contributed by atoms with Crippen LogP contribution >= 0.6 is 0 Å². The summed E-state index contributed by atoms with van der Waals surface area (Å²) in [6, 6.07) is 26.0. The van der Waals surface area contributed by atoms with Crippen molar-refractivity contribution in [2.24, 2.45) is 0 Å². The van der Waals surface area contributed by atoms with Gasteiger partial charge in [-0.2, -0.15) is 0 Å². The third-order valence-corrected chi connectivity index (χ3v) is 5.45. The van der Waals surface area contributed by atoms with Gasteiger partial charge in [-0.05, 0) is 55.7 Å². The summed E-state index contributed by atoms with van der Waals surface area (Å²) < 4.78 is 8.05. The van der Waals surface area contributed by atoms with Crippen molar-refractivity contribution >= 4 is 23.0 Å². The molecule has 1 amide bonds. The highest BCUT2D eigenvalue weighted by atomic mass is 16.5. The molecule has 33 heavy (non-hydrogen) atoms. The summed E-state index contributed by atoms with van der Waals surface area (Å²) >= 11 is 0. The molecule has 0 bridgehead atoms. The molecule has 0 saturated heterocycles. The first-order chi connectivity index (χ1) is 16.2. The number of para-hydroxylation sites is 2. The molecule has 4 rings (SSSR count). The van der Waals surface area contributed by atoms with E-state index in [0.717, 1.165) is 47.6 Å². The maximum absolute atomic E-state index is 12.3. The minimum atomic E-state index is -0.135. The summed E-state index contributed by atoms with van der Waals surface area (Å²) in [6.07, 6.45) is 5.27. The first-order valence-corrected chi connectivity index (χ1v) is 11.3. The van der Waals surface area contributed by atoms with Crippen LogP contribution in [0.3, 0.4) is 0 Å². The molecular formula is C28H29N3O2. The summed E-state index contributed by atoms with van der Waals surface area (Å²) in [5.41, 5.74) is 4.25. The highest BCUT2D eigenvalue weighted by Crippen LogP contribution is 2.17. The van der Waals surface area contributed by atoms with E-state index in [9.17, 15) is 4.79 Å². The Bertz CT molecular complexity index is 1210. The topological polar surface area (TPSA) is 56.1 Å². The van der Waals surface area contributed by atoms with Crippen LogP contribution in [0.15, 0.2) is 84.9 Å². The number of aromatic nitrogens is 2. The van der Waals surface area contributed by atoms with E-state index in [-0.39, 0.29) is 5.91 Å². The number of ether oxygens (including phenoxy) is 1. The van der Waals surface area contributed by atoms with Gasteiger partial charge < -0.3 is 14.6 Å². The smallest absolute Gasteiger partial charge is 0.244 e. The van der Waals surface area contributed by atoms with Gasteiger partial charge in [-0.1, -0.05) is 60.2 Å². The monoisotopic (exact) mass is 439 g/mol. The normalized spacial score (nSPS) is 11.2. The first-order valence-electron chi connectivity index (χ1n) is 11.3. The van der Waals surface area contributed by atoms with Crippen LogP contribution in [-0.4, -0.2) is 22.1 Å². The highest BCUT2D eigenvalue weighted by Gasteiger charge is 2.11. The van der Waals surface area contributed by atoms with Gasteiger partial charge in [-0.25, -0.2) is 4.98 Å². The fraction of sp³-hybridized carbons (Fsp3) is 0.214. The van der Waals surface area contributed by atoms with Crippen LogP contribution in [0.25, 0.3) is 17.1 Å². The zero-order valence-electron chi connectivity index (χ0n) is 18.9. The number of fused-ring (bicyclic) bond motifs is 1. The molecule has 3 aromatic carbocycles. The van der Waals surface area contributed by atoms with Crippen LogP contribution in [-0.2, 0) is 17.9 Å². The average molecular weight is 440 g/mol. The number of imidazole rings is 1. The van der Waals surface area contributed by atoms with Crippen LogP contribution in [0.1, 0.15) is 29.8 Å². The second-order valence-electron chi connectivity index (χ2n) is 8.00. The Morgan fingerprint density at radius 1 is 0.970 bits per heavy atom. The Morgan fingerprint density at radius 2 is 1.73 bits per heavy atom. The number of carbonyl (C=O) groups is 1.